The number of nitrogens with one attached hydrogen (secondary N) is 1. The van der Waals surface area contributed by atoms with E-state index < -0.39 is 0 Å². The van der Waals surface area contributed by atoms with Crippen LogP contribution < -0.4 is 11.1 Å². The summed E-state index contributed by atoms with van der Waals surface area (Å²) in [4.78, 5) is 15.8. The Balaban J connectivity index is 2.56. The molecule has 0 saturated carbocycles. The zero-order valence-electron chi connectivity index (χ0n) is 10.9. The van der Waals surface area contributed by atoms with Crippen LogP contribution in [-0.2, 0) is 0 Å². The third-order valence-corrected chi connectivity index (χ3v) is 2.97. The summed E-state index contributed by atoms with van der Waals surface area (Å²) < 4.78 is 0. The van der Waals surface area contributed by atoms with Crippen molar-refractivity contribution < 1.29 is 4.79 Å². The van der Waals surface area contributed by atoms with Crippen molar-refractivity contribution in [3.8, 4) is 0 Å². The molecule has 5 heteroatoms. The number of amides is 1. The first-order valence-electron chi connectivity index (χ1n) is 6.26. The second-order valence-corrected chi connectivity index (χ2v) is 4.85. The number of halogens is 1. The van der Waals surface area contributed by atoms with Gasteiger partial charge in [-0.25, -0.2) is 4.98 Å². The summed E-state index contributed by atoms with van der Waals surface area (Å²) in [7, 11) is 0. The molecule has 4 nitrogen and oxygen atoms in total. The Morgan fingerprint density at radius 2 is 2.28 bits per heavy atom. The van der Waals surface area contributed by atoms with E-state index in [9.17, 15) is 4.79 Å². The van der Waals surface area contributed by atoms with E-state index in [1.54, 1.807) is 0 Å². The molecule has 0 saturated heterocycles. The van der Waals surface area contributed by atoms with E-state index >= 15 is 0 Å². The molecule has 18 heavy (non-hydrogen) atoms. The number of unbranched alkanes of at least 4 members (excludes halogenated alkanes) is 2. The summed E-state index contributed by atoms with van der Waals surface area (Å²) in [6, 6.07) is 1.63. The van der Waals surface area contributed by atoms with Gasteiger partial charge in [-0.1, -0.05) is 37.8 Å². The van der Waals surface area contributed by atoms with E-state index in [-0.39, 0.29) is 17.1 Å². The van der Waals surface area contributed by atoms with Crippen LogP contribution in [0.3, 0.4) is 0 Å². The number of nitrogens with two attached hydrogens (primary N) is 1. The van der Waals surface area contributed by atoms with Gasteiger partial charge in [-0.2, -0.15) is 0 Å². The maximum atomic E-state index is 12.0. The normalized spacial score (nSPS) is 12.2. The van der Waals surface area contributed by atoms with Gasteiger partial charge in [0.25, 0.3) is 5.91 Å². The van der Waals surface area contributed by atoms with Gasteiger partial charge < -0.3 is 11.1 Å². The Morgan fingerprint density at radius 1 is 1.56 bits per heavy atom. The predicted octanol–water partition coefficient (Wildman–Crippen LogP) is 3.02. The first-order valence-corrected chi connectivity index (χ1v) is 6.64. The molecule has 1 atom stereocenters. The van der Waals surface area contributed by atoms with Crippen molar-refractivity contribution >= 4 is 23.2 Å². The highest BCUT2D eigenvalue weighted by atomic mass is 35.5. The minimum absolute atomic E-state index is 0.135. The molecule has 0 aliphatic rings. The molecule has 1 aromatic heterocycles. The molecular weight excluding hydrogens is 250 g/mol. The van der Waals surface area contributed by atoms with Crippen LogP contribution in [0.15, 0.2) is 12.3 Å². The Morgan fingerprint density at radius 3 is 2.94 bits per heavy atom. The molecular formula is C13H20ClN3O. The van der Waals surface area contributed by atoms with E-state index in [0.29, 0.717) is 11.3 Å². The molecule has 1 aromatic rings. The molecule has 0 fully saturated rings. The lowest BCUT2D eigenvalue weighted by atomic mass is 10.1. The van der Waals surface area contributed by atoms with Crippen molar-refractivity contribution in [1.29, 1.82) is 0 Å². The van der Waals surface area contributed by atoms with Crippen molar-refractivity contribution in [2.24, 2.45) is 0 Å². The van der Waals surface area contributed by atoms with Crippen molar-refractivity contribution in [2.45, 2.75) is 45.6 Å². The lowest BCUT2D eigenvalue weighted by molar-refractivity contribution is 0.0938. The van der Waals surface area contributed by atoms with Crippen LogP contribution in [0, 0.1) is 0 Å². The van der Waals surface area contributed by atoms with Crippen LogP contribution in [0.2, 0.25) is 5.15 Å². The van der Waals surface area contributed by atoms with Gasteiger partial charge in [-0.05, 0) is 19.4 Å². The van der Waals surface area contributed by atoms with Crippen molar-refractivity contribution in [3.05, 3.63) is 23.0 Å². The number of hydrogen-bond acceptors (Lipinski definition) is 3. The second kappa shape index (κ2) is 7.21. The fourth-order valence-electron chi connectivity index (χ4n) is 1.71. The van der Waals surface area contributed by atoms with Crippen LogP contribution in [0.5, 0.6) is 0 Å². The highest BCUT2D eigenvalue weighted by molar-refractivity contribution is 6.29. The number of anilines is 1. The molecule has 0 bridgehead atoms. The lowest BCUT2D eigenvalue weighted by Crippen LogP contribution is -2.33. The summed E-state index contributed by atoms with van der Waals surface area (Å²) in [6.45, 7) is 4.15. The van der Waals surface area contributed by atoms with Crippen molar-refractivity contribution in [3.63, 3.8) is 0 Å². The summed E-state index contributed by atoms with van der Waals surface area (Å²) in [5.74, 6) is -0.194. The van der Waals surface area contributed by atoms with E-state index in [2.05, 4.69) is 17.2 Å². The average molecular weight is 270 g/mol. The van der Waals surface area contributed by atoms with Gasteiger partial charge >= 0.3 is 0 Å². The maximum Gasteiger partial charge on any atom is 0.253 e. The second-order valence-electron chi connectivity index (χ2n) is 4.46. The largest absolute Gasteiger partial charge is 0.397 e. The van der Waals surface area contributed by atoms with Gasteiger partial charge in [-0.15, -0.1) is 0 Å². The lowest BCUT2D eigenvalue weighted by Gasteiger charge is -2.14. The van der Waals surface area contributed by atoms with Gasteiger partial charge in [0, 0.05) is 6.04 Å². The smallest absolute Gasteiger partial charge is 0.253 e. The molecule has 0 spiro atoms. The number of hydrogen-bond donors (Lipinski definition) is 2. The minimum atomic E-state index is -0.194. The predicted molar refractivity (Wildman–Crippen MR) is 74.7 cm³/mol. The standard InChI is InChI=1S/C13H20ClN3O/c1-3-4-5-6-9(2)17-13(18)10-7-12(14)16-8-11(10)15/h7-9H,3-6,15H2,1-2H3,(H,17,18). The molecule has 1 rings (SSSR count). The van der Waals surface area contributed by atoms with Crippen LogP contribution in [-0.4, -0.2) is 16.9 Å². The molecule has 1 unspecified atom stereocenters. The molecule has 3 N–H and O–H groups in total. The number of nitrogen functional groups attached to an aromatic ring is 1. The summed E-state index contributed by atoms with van der Waals surface area (Å²) >= 11 is 5.75. The van der Waals surface area contributed by atoms with Gasteiger partial charge in [0.15, 0.2) is 0 Å². The number of carbonyl (C=O) groups is 1. The highest BCUT2D eigenvalue weighted by Crippen LogP contribution is 2.15. The Labute approximate surface area is 113 Å². The first-order chi connectivity index (χ1) is 8.54. The van der Waals surface area contributed by atoms with Crippen LogP contribution in [0.4, 0.5) is 5.69 Å². The number of nitrogens with zero attached hydrogens (tertiary/aromatic N) is 1. The zero-order chi connectivity index (χ0) is 13.5. The van der Waals surface area contributed by atoms with Crippen molar-refractivity contribution in [2.75, 3.05) is 5.73 Å². The Kier molecular flexibility index (Phi) is 5.92. The fourth-order valence-corrected chi connectivity index (χ4v) is 1.87. The first kappa shape index (κ1) is 14.8. The number of rotatable bonds is 6. The fraction of sp³-hybridized carbons (Fsp3) is 0.538. The Bertz CT molecular complexity index is 409. The SMILES string of the molecule is CCCCCC(C)NC(=O)c1cc(Cl)ncc1N. The van der Waals surface area contributed by atoms with E-state index in [1.807, 2.05) is 6.92 Å². The van der Waals surface area contributed by atoms with E-state index in [4.69, 9.17) is 17.3 Å². The topological polar surface area (TPSA) is 68.0 Å². The summed E-state index contributed by atoms with van der Waals surface area (Å²) in [5.41, 5.74) is 6.44. The summed E-state index contributed by atoms with van der Waals surface area (Å²) in [5, 5.41) is 3.19. The van der Waals surface area contributed by atoms with E-state index in [1.165, 1.54) is 25.1 Å². The van der Waals surface area contributed by atoms with Crippen LogP contribution >= 0.6 is 11.6 Å². The number of carbonyl (C=O) groups excluding carboxylic acids is 1. The average Bonchev–Trinajstić information content (AvgIpc) is 2.32. The monoisotopic (exact) mass is 269 g/mol. The number of pyridine rings is 1. The molecule has 1 heterocycles. The number of aromatic nitrogens is 1. The molecule has 0 aromatic carbocycles. The quantitative estimate of drug-likeness (QED) is 0.616. The van der Waals surface area contributed by atoms with Gasteiger partial charge in [0.1, 0.15) is 5.15 Å². The van der Waals surface area contributed by atoms with Crippen molar-refractivity contribution in [1.82, 2.24) is 10.3 Å². The van der Waals surface area contributed by atoms with Crippen LogP contribution in [0.1, 0.15) is 49.9 Å². The molecule has 100 valence electrons. The highest BCUT2D eigenvalue weighted by Gasteiger charge is 2.13. The van der Waals surface area contributed by atoms with E-state index in [0.717, 1.165) is 12.8 Å². The third kappa shape index (κ3) is 4.53. The maximum absolute atomic E-state index is 12.0. The van der Waals surface area contributed by atoms with Gasteiger partial charge in [0.05, 0.1) is 17.4 Å². The van der Waals surface area contributed by atoms with Gasteiger partial charge in [0.2, 0.25) is 0 Å². The minimum Gasteiger partial charge on any atom is -0.397 e. The third-order valence-electron chi connectivity index (χ3n) is 2.76. The van der Waals surface area contributed by atoms with Crippen LogP contribution in [0.25, 0.3) is 0 Å². The molecule has 0 aliphatic carbocycles. The summed E-state index contributed by atoms with van der Waals surface area (Å²) in [6.07, 6.45) is 5.85. The Hall–Kier alpha value is -1.29. The van der Waals surface area contributed by atoms with Gasteiger partial charge in [-0.3, -0.25) is 4.79 Å². The molecule has 1 amide bonds. The molecule has 0 radical (unpaired) electrons. The zero-order valence-corrected chi connectivity index (χ0v) is 11.6. The molecule has 0 aliphatic heterocycles.